The number of carbonyl (C=O) groups excluding carboxylic acids is 2. The SMILES string of the molecule is CCC1=C(c2ccc(OC(C)=O)cc2)C(C)(C)Oc2cc(OC(C)=O)ccc21. The summed E-state index contributed by atoms with van der Waals surface area (Å²) >= 11 is 0. The molecular formula is C23H24O5. The van der Waals surface area contributed by atoms with Gasteiger partial charge in [0.25, 0.3) is 0 Å². The Balaban J connectivity index is 2.09. The van der Waals surface area contributed by atoms with E-state index in [9.17, 15) is 9.59 Å². The van der Waals surface area contributed by atoms with Crippen LogP contribution < -0.4 is 14.2 Å². The molecule has 3 rings (SSSR count). The van der Waals surface area contributed by atoms with Gasteiger partial charge in [-0.25, -0.2) is 0 Å². The van der Waals surface area contributed by atoms with Crippen molar-refractivity contribution in [3.63, 3.8) is 0 Å². The Labute approximate surface area is 164 Å². The predicted molar refractivity (Wildman–Crippen MR) is 107 cm³/mol. The van der Waals surface area contributed by atoms with Crippen LogP contribution in [-0.4, -0.2) is 17.5 Å². The minimum absolute atomic E-state index is 0.347. The number of esters is 2. The lowest BCUT2D eigenvalue weighted by molar-refractivity contribution is -0.132. The van der Waals surface area contributed by atoms with Gasteiger partial charge in [-0.2, -0.15) is 0 Å². The molecule has 1 heterocycles. The van der Waals surface area contributed by atoms with Crippen LogP contribution in [0.5, 0.6) is 17.2 Å². The van der Waals surface area contributed by atoms with Crippen LogP contribution in [-0.2, 0) is 9.59 Å². The van der Waals surface area contributed by atoms with E-state index in [0.29, 0.717) is 17.2 Å². The van der Waals surface area contributed by atoms with Crippen molar-refractivity contribution < 1.29 is 23.8 Å². The van der Waals surface area contributed by atoms with Crippen molar-refractivity contribution in [2.45, 2.75) is 46.6 Å². The third-order valence-corrected chi connectivity index (χ3v) is 4.57. The quantitative estimate of drug-likeness (QED) is 0.550. The van der Waals surface area contributed by atoms with E-state index < -0.39 is 5.60 Å². The van der Waals surface area contributed by atoms with E-state index in [-0.39, 0.29) is 11.9 Å². The molecule has 5 heteroatoms. The first-order valence-electron chi connectivity index (χ1n) is 9.25. The molecule has 0 amide bonds. The summed E-state index contributed by atoms with van der Waals surface area (Å²) in [6.45, 7) is 8.89. The average Bonchev–Trinajstić information content (AvgIpc) is 2.59. The van der Waals surface area contributed by atoms with Crippen LogP contribution in [0.15, 0.2) is 42.5 Å². The van der Waals surface area contributed by atoms with Crippen molar-refractivity contribution in [1.82, 2.24) is 0 Å². The summed E-state index contributed by atoms with van der Waals surface area (Å²) in [6, 6.07) is 12.9. The van der Waals surface area contributed by atoms with Crippen molar-refractivity contribution in [1.29, 1.82) is 0 Å². The monoisotopic (exact) mass is 380 g/mol. The van der Waals surface area contributed by atoms with Crippen LogP contribution in [0.25, 0.3) is 11.1 Å². The molecule has 0 saturated carbocycles. The lowest BCUT2D eigenvalue weighted by Gasteiger charge is -2.37. The summed E-state index contributed by atoms with van der Waals surface area (Å²) < 4.78 is 16.6. The largest absolute Gasteiger partial charge is 0.482 e. The van der Waals surface area contributed by atoms with Gasteiger partial charge in [0.05, 0.1) is 0 Å². The number of benzene rings is 2. The van der Waals surface area contributed by atoms with E-state index in [2.05, 4.69) is 6.92 Å². The molecule has 1 aliphatic heterocycles. The van der Waals surface area contributed by atoms with Gasteiger partial charge in [-0.3, -0.25) is 9.59 Å². The van der Waals surface area contributed by atoms with Gasteiger partial charge in [0.1, 0.15) is 22.8 Å². The van der Waals surface area contributed by atoms with Gasteiger partial charge in [-0.15, -0.1) is 0 Å². The van der Waals surface area contributed by atoms with Crippen LogP contribution in [0.4, 0.5) is 0 Å². The van der Waals surface area contributed by atoms with E-state index in [1.54, 1.807) is 24.3 Å². The van der Waals surface area contributed by atoms with Crippen LogP contribution >= 0.6 is 0 Å². The van der Waals surface area contributed by atoms with Crippen molar-refractivity contribution in [3.8, 4) is 17.2 Å². The molecule has 2 aromatic carbocycles. The molecule has 0 spiro atoms. The molecule has 0 unspecified atom stereocenters. The highest BCUT2D eigenvalue weighted by molar-refractivity contribution is 5.97. The molecule has 1 aliphatic rings. The summed E-state index contributed by atoms with van der Waals surface area (Å²) in [4.78, 5) is 22.4. The van der Waals surface area contributed by atoms with E-state index in [4.69, 9.17) is 14.2 Å². The summed E-state index contributed by atoms with van der Waals surface area (Å²) in [5, 5.41) is 0. The molecule has 146 valence electrons. The average molecular weight is 380 g/mol. The van der Waals surface area contributed by atoms with E-state index in [1.165, 1.54) is 19.4 Å². The Kier molecular flexibility index (Phi) is 5.27. The van der Waals surface area contributed by atoms with Crippen molar-refractivity contribution >= 4 is 23.1 Å². The highest BCUT2D eigenvalue weighted by Gasteiger charge is 2.35. The maximum absolute atomic E-state index is 11.3. The van der Waals surface area contributed by atoms with Gasteiger partial charge in [-0.05, 0) is 55.7 Å². The highest BCUT2D eigenvalue weighted by Crippen LogP contribution is 2.47. The van der Waals surface area contributed by atoms with E-state index >= 15 is 0 Å². The van der Waals surface area contributed by atoms with Crippen LogP contribution in [0.3, 0.4) is 0 Å². The fourth-order valence-electron chi connectivity index (χ4n) is 3.63. The summed E-state index contributed by atoms with van der Waals surface area (Å²) in [6.07, 6.45) is 0.813. The molecule has 0 radical (unpaired) electrons. The minimum Gasteiger partial charge on any atom is -0.482 e. The van der Waals surface area contributed by atoms with Crippen molar-refractivity contribution in [3.05, 3.63) is 53.6 Å². The normalized spacial score (nSPS) is 14.8. The molecule has 0 saturated heterocycles. The first-order valence-corrected chi connectivity index (χ1v) is 9.25. The highest BCUT2D eigenvalue weighted by atomic mass is 16.5. The molecule has 0 aromatic heterocycles. The maximum Gasteiger partial charge on any atom is 0.308 e. The second kappa shape index (κ2) is 7.50. The van der Waals surface area contributed by atoms with Crippen molar-refractivity contribution in [2.24, 2.45) is 0 Å². The Morgan fingerprint density at radius 2 is 1.50 bits per heavy atom. The Bertz CT molecular complexity index is 951. The summed E-state index contributed by atoms with van der Waals surface area (Å²) in [5.74, 6) is 0.957. The fraction of sp³-hybridized carbons (Fsp3) is 0.304. The first kappa shape index (κ1) is 19.7. The van der Waals surface area contributed by atoms with Crippen LogP contribution in [0, 0.1) is 0 Å². The third-order valence-electron chi connectivity index (χ3n) is 4.57. The molecule has 0 N–H and O–H groups in total. The second-order valence-electron chi connectivity index (χ2n) is 7.19. The number of carbonyl (C=O) groups is 2. The van der Waals surface area contributed by atoms with Gasteiger partial charge in [0.2, 0.25) is 0 Å². The van der Waals surface area contributed by atoms with Gasteiger partial charge in [-0.1, -0.05) is 19.1 Å². The lowest BCUT2D eigenvalue weighted by atomic mass is 9.81. The van der Waals surface area contributed by atoms with Gasteiger partial charge in [0, 0.05) is 31.1 Å². The number of allylic oxidation sites excluding steroid dienone is 1. The number of hydrogen-bond acceptors (Lipinski definition) is 5. The van der Waals surface area contributed by atoms with E-state index in [0.717, 1.165) is 23.1 Å². The Hall–Kier alpha value is -3.08. The van der Waals surface area contributed by atoms with Gasteiger partial charge < -0.3 is 14.2 Å². The Morgan fingerprint density at radius 3 is 2.07 bits per heavy atom. The fourth-order valence-corrected chi connectivity index (χ4v) is 3.63. The van der Waals surface area contributed by atoms with Crippen molar-refractivity contribution in [2.75, 3.05) is 0 Å². The minimum atomic E-state index is -0.587. The topological polar surface area (TPSA) is 61.8 Å². The predicted octanol–water partition coefficient (Wildman–Crippen LogP) is 5.03. The van der Waals surface area contributed by atoms with Gasteiger partial charge in [0.15, 0.2) is 0 Å². The molecule has 0 atom stereocenters. The first-order chi connectivity index (χ1) is 13.2. The molecule has 28 heavy (non-hydrogen) atoms. The molecule has 0 bridgehead atoms. The number of rotatable bonds is 4. The molecule has 2 aromatic rings. The molecular weight excluding hydrogens is 356 g/mol. The van der Waals surface area contributed by atoms with Crippen LogP contribution in [0.2, 0.25) is 0 Å². The van der Waals surface area contributed by atoms with Gasteiger partial charge >= 0.3 is 11.9 Å². The zero-order chi connectivity index (χ0) is 20.5. The number of hydrogen-bond donors (Lipinski definition) is 0. The molecule has 0 fully saturated rings. The zero-order valence-electron chi connectivity index (χ0n) is 16.8. The second-order valence-corrected chi connectivity index (χ2v) is 7.19. The smallest absolute Gasteiger partial charge is 0.308 e. The Morgan fingerprint density at radius 1 is 0.929 bits per heavy atom. The van der Waals surface area contributed by atoms with E-state index in [1.807, 2.05) is 32.0 Å². The number of fused-ring (bicyclic) bond motifs is 1. The standard InChI is InChI=1S/C23H24O5/c1-6-19-20-12-11-18(27-15(3)25)13-21(20)28-23(4,5)22(19)16-7-9-17(10-8-16)26-14(2)24/h7-13H,6H2,1-5H3. The summed E-state index contributed by atoms with van der Waals surface area (Å²) in [5.41, 5.74) is 3.65. The maximum atomic E-state index is 11.3. The third kappa shape index (κ3) is 3.93. The summed E-state index contributed by atoms with van der Waals surface area (Å²) in [7, 11) is 0. The molecule has 0 aliphatic carbocycles. The lowest BCUT2D eigenvalue weighted by Crippen LogP contribution is -2.33. The van der Waals surface area contributed by atoms with Crippen LogP contribution in [0.1, 0.15) is 52.2 Å². The number of ether oxygens (including phenoxy) is 3. The zero-order valence-corrected chi connectivity index (χ0v) is 16.8. The molecule has 5 nitrogen and oxygen atoms in total.